The third-order valence-electron chi connectivity index (χ3n) is 3.28. The smallest absolute Gasteiger partial charge is 0.251 e. The Morgan fingerprint density at radius 3 is 3.06 bits per heavy atom. The molecular formula is C13H18N2O2. The van der Waals surface area contributed by atoms with E-state index in [9.17, 15) is 9.90 Å². The SMILES string of the molecule is CN1CCCC1CNC(=O)c1cccc(O)c1. The standard InChI is InChI=1S/C13H18N2O2/c1-15-7-3-5-11(15)9-14-13(17)10-4-2-6-12(16)8-10/h2,4,6,8,11,16H,3,5,7,9H2,1H3,(H,14,17). The molecule has 0 spiro atoms. The summed E-state index contributed by atoms with van der Waals surface area (Å²) in [5, 5.41) is 12.2. The van der Waals surface area contributed by atoms with Crippen LogP contribution in [0.2, 0.25) is 0 Å². The van der Waals surface area contributed by atoms with E-state index in [1.54, 1.807) is 18.2 Å². The van der Waals surface area contributed by atoms with Crippen molar-refractivity contribution in [2.45, 2.75) is 18.9 Å². The second-order valence-electron chi connectivity index (χ2n) is 4.54. The van der Waals surface area contributed by atoms with E-state index < -0.39 is 0 Å². The maximum absolute atomic E-state index is 11.8. The van der Waals surface area contributed by atoms with Crippen molar-refractivity contribution in [3.63, 3.8) is 0 Å². The summed E-state index contributed by atoms with van der Waals surface area (Å²) >= 11 is 0. The van der Waals surface area contributed by atoms with Gasteiger partial charge in [0.1, 0.15) is 5.75 Å². The zero-order valence-electron chi connectivity index (χ0n) is 10.0. The van der Waals surface area contributed by atoms with Crippen LogP contribution in [0.1, 0.15) is 23.2 Å². The Hall–Kier alpha value is -1.55. The van der Waals surface area contributed by atoms with Gasteiger partial charge in [-0.15, -0.1) is 0 Å². The summed E-state index contributed by atoms with van der Waals surface area (Å²) in [5.41, 5.74) is 0.505. The Bertz CT molecular complexity index is 406. The highest BCUT2D eigenvalue weighted by molar-refractivity contribution is 5.94. The number of carbonyl (C=O) groups excluding carboxylic acids is 1. The molecule has 92 valence electrons. The molecule has 0 saturated carbocycles. The molecule has 17 heavy (non-hydrogen) atoms. The fourth-order valence-electron chi connectivity index (χ4n) is 2.20. The van der Waals surface area contributed by atoms with E-state index in [-0.39, 0.29) is 11.7 Å². The Morgan fingerprint density at radius 2 is 2.41 bits per heavy atom. The second kappa shape index (κ2) is 5.19. The largest absolute Gasteiger partial charge is 0.508 e. The van der Waals surface area contributed by atoms with Crippen LogP contribution in [0, 0.1) is 0 Å². The number of phenols is 1. The molecule has 2 rings (SSSR count). The van der Waals surface area contributed by atoms with Crippen LogP contribution in [0.15, 0.2) is 24.3 Å². The van der Waals surface area contributed by atoms with Crippen LogP contribution >= 0.6 is 0 Å². The first-order chi connectivity index (χ1) is 8.16. The number of likely N-dealkylation sites (tertiary alicyclic amines) is 1. The van der Waals surface area contributed by atoms with E-state index in [2.05, 4.69) is 17.3 Å². The lowest BCUT2D eigenvalue weighted by atomic mass is 10.2. The Balaban J connectivity index is 1.89. The predicted molar refractivity (Wildman–Crippen MR) is 66.1 cm³/mol. The second-order valence-corrected chi connectivity index (χ2v) is 4.54. The van der Waals surface area contributed by atoms with Crippen molar-refractivity contribution in [2.24, 2.45) is 0 Å². The van der Waals surface area contributed by atoms with Crippen LogP contribution in [0.4, 0.5) is 0 Å². The van der Waals surface area contributed by atoms with Gasteiger partial charge in [-0.3, -0.25) is 4.79 Å². The average Bonchev–Trinajstić information content (AvgIpc) is 2.72. The maximum atomic E-state index is 11.8. The van der Waals surface area contributed by atoms with Gasteiger partial charge in [-0.1, -0.05) is 6.07 Å². The van der Waals surface area contributed by atoms with Crippen LogP contribution in [-0.4, -0.2) is 42.1 Å². The fraction of sp³-hybridized carbons (Fsp3) is 0.462. The van der Waals surface area contributed by atoms with E-state index in [4.69, 9.17) is 0 Å². The van der Waals surface area contributed by atoms with E-state index >= 15 is 0 Å². The average molecular weight is 234 g/mol. The number of hydrogen-bond acceptors (Lipinski definition) is 3. The molecule has 1 aliphatic rings. The monoisotopic (exact) mass is 234 g/mol. The topological polar surface area (TPSA) is 52.6 Å². The summed E-state index contributed by atoms with van der Waals surface area (Å²) in [5.74, 6) is -0.00293. The quantitative estimate of drug-likeness (QED) is 0.826. The summed E-state index contributed by atoms with van der Waals surface area (Å²) in [7, 11) is 2.08. The van der Waals surface area contributed by atoms with Crippen LogP contribution in [0.25, 0.3) is 0 Å². The van der Waals surface area contributed by atoms with Gasteiger partial charge in [0.25, 0.3) is 5.91 Å². The van der Waals surface area contributed by atoms with Crippen molar-refractivity contribution in [3.8, 4) is 5.75 Å². The molecule has 0 aromatic heterocycles. The molecule has 1 heterocycles. The molecule has 4 heteroatoms. The number of aromatic hydroxyl groups is 1. The molecule has 1 unspecified atom stereocenters. The van der Waals surface area contributed by atoms with Crippen molar-refractivity contribution in [3.05, 3.63) is 29.8 Å². The number of benzene rings is 1. The van der Waals surface area contributed by atoms with Gasteiger partial charge < -0.3 is 15.3 Å². The van der Waals surface area contributed by atoms with Gasteiger partial charge in [0, 0.05) is 18.2 Å². The summed E-state index contributed by atoms with van der Waals surface area (Å²) in [6.07, 6.45) is 2.33. The third-order valence-corrected chi connectivity index (χ3v) is 3.28. The first kappa shape index (κ1) is 11.9. The minimum Gasteiger partial charge on any atom is -0.508 e. The van der Waals surface area contributed by atoms with Crippen molar-refractivity contribution in [1.29, 1.82) is 0 Å². The Kier molecular flexibility index (Phi) is 3.64. The summed E-state index contributed by atoms with van der Waals surface area (Å²) < 4.78 is 0. The summed E-state index contributed by atoms with van der Waals surface area (Å²) in [6.45, 7) is 1.78. The van der Waals surface area contributed by atoms with E-state index in [0.29, 0.717) is 18.2 Å². The van der Waals surface area contributed by atoms with Gasteiger partial charge in [-0.25, -0.2) is 0 Å². The Morgan fingerprint density at radius 1 is 1.59 bits per heavy atom. The van der Waals surface area contributed by atoms with Crippen LogP contribution in [0.3, 0.4) is 0 Å². The number of amides is 1. The molecule has 1 saturated heterocycles. The fourth-order valence-corrected chi connectivity index (χ4v) is 2.20. The van der Waals surface area contributed by atoms with E-state index in [1.165, 1.54) is 12.5 Å². The number of rotatable bonds is 3. The highest BCUT2D eigenvalue weighted by Crippen LogP contribution is 2.14. The minimum absolute atomic E-state index is 0.121. The maximum Gasteiger partial charge on any atom is 0.251 e. The van der Waals surface area contributed by atoms with Crippen LogP contribution < -0.4 is 5.32 Å². The molecular weight excluding hydrogens is 216 g/mol. The summed E-state index contributed by atoms with van der Waals surface area (Å²) in [6, 6.07) is 6.85. The van der Waals surface area contributed by atoms with Crippen molar-refractivity contribution >= 4 is 5.91 Å². The third kappa shape index (κ3) is 2.97. The van der Waals surface area contributed by atoms with Crippen molar-refractivity contribution < 1.29 is 9.90 Å². The molecule has 0 aliphatic carbocycles. The van der Waals surface area contributed by atoms with Gasteiger partial charge >= 0.3 is 0 Å². The van der Waals surface area contributed by atoms with Crippen LogP contribution in [-0.2, 0) is 0 Å². The number of phenolic OH excluding ortho intramolecular Hbond substituents is 1. The van der Waals surface area contributed by atoms with Gasteiger partial charge in [0.05, 0.1) is 0 Å². The minimum atomic E-state index is -0.124. The van der Waals surface area contributed by atoms with E-state index in [0.717, 1.165) is 13.0 Å². The molecule has 1 aromatic rings. The number of likely N-dealkylation sites (N-methyl/N-ethyl adjacent to an activating group) is 1. The molecule has 1 atom stereocenters. The first-order valence-electron chi connectivity index (χ1n) is 5.94. The predicted octanol–water partition coefficient (Wildman–Crippen LogP) is 1.22. The molecule has 1 aromatic carbocycles. The molecule has 4 nitrogen and oxygen atoms in total. The van der Waals surface area contributed by atoms with Crippen LogP contribution in [0.5, 0.6) is 5.75 Å². The number of nitrogens with one attached hydrogen (secondary N) is 1. The van der Waals surface area contributed by atoms with Crippen molar-refractivity contribution in [2.75, 3.05) is 20.1 Å². The molecule has 0 bridgehead atoms. The normalized spacial score (nSPS) is 20.4. The van der Waals surface area contributed by atoms with Gasteiger partial charge in [-0.05, 0) is 44.6 Å². The first-order valence-corrected chi connectivity index (χ1v) is 5.94. The molecule has 1 amide bonds. The molecule has 1 fully saturated rings. The Labute approximate surface area is 101 Å². The lowest BCUT2D eigenvalue weighted by Gasteiger charge is -2.19. The molecule has 1 aliphatic heterocycles. The van der Waals surface area contributed by atoms with Gasteiger partial charge in [0.15, 0.2) is 0 Å². The van der Waals surface area contributed by atoms with Crippen molar-refractivity contribution in [1.82, 2.24) is 10.2 Å². The highest BCUT2D eigenvalue weighted by atomic mass is 16.3. The number of nitrogens with zero attached hydrogens (tertiary/aromatic N) is 1. The highest BCUT2D eigenvalue weighted by Gasteiger charge is 2.21. The summed E-state index contributed by atoms with van der Waals surface area (Å²) in [4.78, 5) is 14.1. The zero-order valence-corrected chi connectivity index (χ0v) is 10.0. The molecule has 2 N–H and O–H groups in total. The lowest BCUT2D eigenvalue weighted by Crippen LogP contribution is -2.38. The van der Waals surface area contributed by atoms with Gasteiger partial charge in [-0.2, -0.15) is 0 Å². The zero-order chi connectivity index (χ0) is 12.3. The number of carbonyl (C=O) groups is 1. The lowest BCUT2D eigenvalue weighted by molar-refractivity contribution is 0.0943. The molecule has 0 radical (unpaired) electrons. The number of hydrogen-bond donors (Lipinski definition) is 2. The van der Waals surface area contributed by atoms with E-state index in [1.807, 2.05) is 0 Å². The van der Waals surface area contributed by atoms with Gasteiger partial charge in [0.2, 0.25) is 0 Å².